The number of aliphatic hydroxyl groups excluding tert-OH is 4. The van der Waals surface area contributed by atoms with Crippen molar-refractivity contribution in [2.24, 2.45) is 0 Å². The van der Waals surface area contributed by atoms with Crippen LogP contribution < -0.4 is 0 Å². The number of aliphatic hydroxyl groups is 5. The summed E-state index contributed by atoms with van der Waals surface area (Å²) in [5.74, 6) is -0.741. The fourth-order valence-corrected chi connectivity index (χ4v) is 0.859. The fraction of sp³-hybridized carbons (Fsp3) is 0.875. The smallest absolute Gasteiger partial charge is 0.163 e. The van der Waals surface area contributed by atoms with E-state index in [1.807, 2.05) is 0 Å². The van der Waals surface area contributed by atoms with Gasteiger partial charge in [-0.15, -0.1) is 0 Å². The van der Waals surface area contributed by atoms with Gasteiger partial charge in [-0.1, -0.05) is 0 Å². The van der Waals surface area contributed by atoms with Gasteiger partial charge in [0.1, 0.15) is 23.9 Å². The number of Topliss-reactive ketones (excluding diaryl/α,β-unsaturated/α-hetero) is 1. The first-order chi connectivity index (χ1) is 6.25. The van der Waals surface area contributed by atoms with Gasteiger partial charge in [0.25, 0.3) is 0 Å². The van der Waals surface area contributed by atoms with Gasteiger partial charge >= 0.3 is 0 Å². The number of hydrogen-bond acceptors (Lipinski definition) is 6. The molecule has 0 amide bonds. The van der Waals surface area contributed by atoms with E-state index in [9.17, 15) is 20.1 Å². The molecular weight excluding hydrogens is 192 g/mol. The minimum absolute atomic E-state index is 0.741. The van der Waals surface area contributed by atoms with Gasteiger partial charge in [-0.05, 0) is 13.8 Å². The minimum Gasteiger partial charge on any atom is -0.394 e. The highest BCUT2D eigenvalue weighted by molar-refractivity contribution is 5.84. The third-order valence-corrected chi connectivity index (χ3v) is 2.19. The van der Waals surface area contributed by atoms with Crippen LogP contribution in [-0.4, -0.2) is 61.8 Å². The molecule has 0 aliphatic heterocycles. The van der Waals surface area contributed by atoms with E-state index in [-0.39, 0.29) is 0 Å². The maximum atomic E-state index is 10.9. The van der Waals surface area contributed by atoms with Crippen LogP contribution in [-0.2, 0) is 4.79 Å². The molecule has 0 fully saturated rings. The molecule has 5 N–H and O–H groups in total. The van der Waals surface area contributed by atoms with Crippen LogP contribution >= 0.6 is 0 Å². The molecule has 4 atom stereocenters. The Labute approximate surface area is 81.4 Å². The summed E-state index contributed by atoms with van der Waals surface area (Å²) in [6, 6.07) is 0. The van der Waals surface area contributed by atoms with Crippen LogP contribution in [0.1, 0.15) is 13.8 Å². The van der Waals surface area contributed by atoms with Gasteiger partial charge in [0.15, 0.2) is 5.78 Å². The molecule has 0 radical (unpaired) electrons. The highest BCUT2D eigenvalue weighted by Crippen LogP contribution is 2.16. The van der Waals surface area contributed by atoms with Crippen molar-refractivity contribution in [2.45, 2.75) is 37.8 Å². The first kappa shape index (κ1) is 13.5. The average molecular weight is 208 g/mol. The van der Waals surface area contributed by atoms with E-state index in [2.05, 4.69) is 0 Å². The predicted molar refractivity (Wildman–Crippen MR) is 46.4 cm³/mol. The Hall–Kier alpha value is -0.530. The summed E-state index contributed by atoms with van der Waals surface area (Å²) < 4.78 is 0. The van der Waals surface area contributed by atoms with Crippen molar-refractivity contribution in [2.75, 3.05) is 6.61 Å². The zero-order valence-corrected chi connectivity index (χ0v) is 8.08. The van der Waals surface area contributed by atoms with Crippen LogP contribution in [0.2, 0.25) is 0 Å². The lowest BCUT2D eigenvalue weighted by molar-refractivity contribution is -0.168. The first-order valence-electron chi connectivity index (χ1n) is 4.13. The second kappa shape index (κ2) is 4.81. The van der Waals surface area contributed by atoms with Crippen molar-refractivity contribution < 1.29 is 30.3 Å². The molecule has 0 aromatic heterocycles. The summed E-state index contributed by atoms with van der Waals surface area (Å²) in [6.45, 7) is 1.29. The van der Waals surface area contributed by atoms with Gasteiger partial charge in [-0.3, -0.25) is 4.79 Å². The summed E-state index contributed by atoms with van der Waals surface area (Å²) >= 11 is 0. The van der Waals surface area contributed by atoms with E-state index in [0.29, 0.717) is 0 Å². The van der Waals surface area contributed by atoms with Crippen LogP contribution in [0.3, 0.4) is 0 Å². The van der Waals surface area contributed by atoms with E-state index in [4.69, 9.17) is 10.2 Å². The quantitative estimate of drug-likeness (QED) is 0.338. The molecule has 6 nitrogen and oxygen atoms in total. The Morgan fingerprint density at radius 1 is 1.36 bits per heavy atom. The Morgan fingerprint density at radius 3 is 2.07 bits per heavy atom. The number of hydrogen-bond donors (Lipinski definition) is 5. The molecule has 84 valence electrons. The zero-order chi connectivity index (χ0) is 11.5. The highest BCUT2D eigenvalue weighted by atomic mass is 16.4. The molecule has 0 aliphatic rings. The Bertz CT molecular complexity index is 202. The third kappa shape index (κ3) is 2.73. The van der Waals surface area contributed by atoms with Crippen LogP contribution in [0, 0.1) is 0 Å². The second-order valence-corrected chi connectivity index (χ2v) is 3.39. The Balaban J connectivity index is 4.60. The number of carbonyl (C=O) groups excluding carboxylic acids is 1. The molecule has 0 saturated heterocycles. The molecule has 0 saturated carbocycles. The second-order valence-electron chi connectivity index (χ2n) is 3.39. The molecule has 0 rings (SSSR count). The van der Waals surface area contributed by atoms with Crippen molar-refractivity contribution >= 4 is 5.78 Å². The Kier molecular flexibility index (Phi) is 4.63. The molecule has 0 aromatic rings. The SMILES string of the molecule is CC(=O)[C@](C)(O)[C@@H](O)[C@@H](O)[C@H](O)CO. The number of ketones is 1. The van der Waals surface area contributed by atoms with Crippen LogP contribution in [0.15, 0.2) is 0 Å². The fourth-order valence-electron chi connectivity index (χ4n) is 0.859. The minimum atomic E-state index is -2.14. The zero-order valence-electron chi connectivity index (χ0n) is 8.08. The van der Waals surface area contributed by atoms with Crippen molar-refractivity contribution in [1.29, 1.82) is 0 Å². The van der Waals surface area contributed by atoms with Crippen LogP contribution in [0.4, 0.5) is 0 Å². The monoisotopic (exact) mass is 208 g/mol. The van der Waals surface area contributed by atoms with Gasteiger partial charge in [-0.25, -0.2) is 0 Å². The predicted octanol–water partition coefficient (Wildman–Crippen LogP) is -2.60. The van der Waals surface area contributed by atoms with Crippen LogP contribution in [0.25, 0.3) is 0 Å². The molecule has 0 aromatic carbocycles. The van der Waals surface area contributed by atoms with E-state index in [1.165, 1.54) is 0 Å². The number of rotatable bonds is 5. The van der Waals surface area contributed by atoms with Gasteiger partial charge in [-0.2, -0.15) is 0 Å². The lowest BCUT2D eigenvalue weighted by Crippen LogP contribution is -2.55. The molecule has 0 unspecified atom stereocenters. The topological polar surface area (TPSA) is 118 Å². The van der Waals surface area contributed by atoms with Gasteiger partial charge in [0.05, 0.1) is 6.61 Å². The molecule has 0 bridgehead atoms. The van der Waals surface area contributed by atoms with Gasteiger partial charge in [0, 0.05) is 0 Å². The number of carbonyl (C=O) groups is 1. The van der Waals surface area contributed by atoms with Crippen molar-refractivity contribution in [3.8, 4) is 0 Å². The first-order valence-corrected chi connectivity index (χ1v) is 4.13. The maximum absolute atomic E-state index is 10.9. The molecule has 14 heavy (non-hydrogen) atoms. The van der Waals surface area contributed by atoms with E-state index in [0.717, 1.165) is 13.8 Å². The molecule has 0 spiro atoms. The summed E-state index contributed by atoms with van der Waals surface area (Å²) in [5, 5.41) is 45.4. The molecule has 0 aliphatic carbocycles. The Morgan fingerprint density at radius 2 is 1.79 bits per heavy atom. The van der Waals surface area contributed by atoms with Crippen molar-refractivity contribution in [1.82, 2.24) is 0 Å². The average Bonchev–Trinajstić information content (AvgIpc) is 2.13. The van der Waals surface area contributed by atoms with E-state index < -0.39 is 36.3 Å². The van der Waals surface area contributed by atoms with Crippen LogP contribution in [0.5, 0.6) is 0 Å². The normalized spacial score (nSPS) is 22.2. The van der Waals surface area contributed by atoms with Crippen molar-refractivity contribution in [3.63, 3.8) is 0 Å². The summed E-state index contributed by atoms with van der Waals surface area (Å²) in [4.78, 5) is 10.9. The van der Waals surface area contributed by atoms with Crippen molar-refractivity contribution in [3.05, 3.63) is 0 Å². The molecule has 6 heteroatoms. The summed E-state index contributed by atoms with van der Waals surface area (Å²) in [6.07, 6.45) is -5.23. The summed E-state index contributed by atoms with van der Waals surface area (Å²) in [7, 11) is 0. The standard InChI is InChI=1S/C8H16O6/c1-4(10)8(2,14)7(13)6(12)5(11)3-9/h5-7,9,11-14H,3H2,1-2H3/t5-,6+,7+,8+/m1/s1. The third-order valence-electron chi connectivity index (χ3n) is 2.19. The largest absolute Gasteiger partial charge is 0.394 e. The molecular formula is C8H16O6. The summed E-state index contributed by atoms with van der Waals surface area (Å²) in [5.41, 5.74) is -2.14. The van der Waals surface area contributed by atoms with E-state index >= 15 is 0 Å². The van der Waals surface area contributed by atoms with Gasteiger partial charge in [0.2, 0.25) is 0 Å². The lowest BCUT2D eigenvalue weighted by Gasteiger charge is -2.31. The highest BCUT2D eigenvalue weighted by Gasteiger charge is 2.42. The maximum Gasteiger partial charge on any atom is 0.163 e. The van der Waals surface area contributed by atoms with Gasteiger partial charge < -0.3 is 25.5 Å². The van der Waals surface area contributed by atoms with E-state index in [1.54, 1.807) is 0 Å². The molecule has 0 heterocycles. The lowest BCUT2D eigenvalue weighted by atomic mass is 9.89.